The highest BCUT2D eigenvalue weighted by Gasteiger charge is 2.23. The molecule has 1 heterocycles. The maximum atomic E-state index is 12.3. The van der Waals surface area contributed by atoms with Crippen LogP contribution in [0.25, 0.3) is 0 Å². The number of anilines is 1. The van der Waals surface area contributed by atoms with Crippen LogP contribution in [-0.4, -0.2) is 19.4 Å². The number of rotatable bonds is 4. The molecule has 0 unspecified atom stereocenters. The molecule has 0 atom stereocenters. The van der Waals surface area contributed by atoms with Gasteiger partial charge in [-0.15, -0.1) is 0 Å². The topological polar surface area (TPSA) is 97.1 Å². The van der Waals surface area contributed by atoms with Crippen molar-refractivity contribution in [2.24, 2.45) is 5.84 Å². The van der Waals surface area contributed by atoms with Crippen LogP contribution < -0.4 is 16.0 Å². The van der Waals surface area contributed by atoms with E-state index in [1.165, 1.54) is 25.1 Å². The monoisotopic (exact) mass is 284 g/mol. The van der Waals surface area contributed by atoms with Gasteiger partial charge in [-0.25, -0.2) is 24.0 Å². The van der Waals surface area contributed by atoms with E-state index < -0.39 is 10.0 Å². The highest BCUT2D eigenvalue weighted by Crippen LogP contribution is 2.21. The minimum atomic E-state index is -3.57. The van der Waals surface area contributed by atoms with Gasteiger partial charge in [-0.05, 0) is 25.0 Å². The summed E-state index contributed by atoms with van der Waals surface area (Å²) in [5.74, 6) is 5.47. The number of aromatic nitrogens is 1. The summed E-state index contributed by atoms with van der Waals surface area (Å²) in [5, 5.41) is 0. The maximum absolute atomic E-state index is 12.3. The fraction of sp³-hybridized carbons (Fsp3) is 0.583. The third-order valence-corrected chi connectivity index (χ3v) is 4.93. The predicted octanol–water partition coefficient (Wildman–Crippen LogP) is 1.37. The Morgan fingerprint density at radius 1 is 1.21 bits per heavy atom. The average molecular weight is 284 g/mol. The SMILES string of the molecule is NNc1ncccc1S(=O)(=O)NC1CCCCCC1. The second-order valence-electron chi connectivity index (χ2n) is 4.80. The molecule has 0 aliphatic heterocycles. The van der Waals surface area contributed by atoms with E-state index in [2.05, 4.69) is 15.1 Å². The number of pyridine rings is 1. The lowest BCUT2D eigenvalue weighted by molar-refractivity contribution is 0.510. The summed E-state index contributed by atoms with van der Waals surface area (Å²) in [5.41, 5.74) is 2.32. The van der Waals surface area contributed by atoms with Crippen LogP contribution in [0.1, 0.15) is 38.5 Å². The summed E-state index contributed by atoms with van der Waals surface area (Å²) in [7, 11) is -3.57. The van der Waals surface area contributed by atoms with Crippen molar-refractivity contribution in [2.45, 2.75) is 49.5 Å². The van der Waals surface area contributed by atoms with Gasteiger partial charge in [0.15, 0.2) is 5.82 Å². The molecule has 6 nitrogen and oxygen atoms in total. The molecule has 4 N–H and O–H groups in total. The van der Waals surface area contributed by atoms with E-state index in [9.17, 15) is 8.42 Å². The largest absolute Gasteiger partial charge is 0.307 e. The first-order valence-corrected chi connectivity index (χ1v) is 8.06. The zero-order valence-electron chi connectivity index (χ0n) is 10.8. The van der Waals surface area contributed by atoms with E-state index in [1.54, 1.807) is 6.07 Å². The molecule has 0 spiro atoms. The number of sulfonamides is 1. The first kappa shape index (κ1) is 14.2. The molecule has 1 aliphatic carbocycles. The van der Waals surface area contributed by atoms with Crippen LogP contribution in [0.15, 0.2) is 23.2 Å². The molecule has 0 bridgehead atoms. The Bertz CT molecular complexity index is 510. The molecule has 1 saturated carbocycles. The second kappa shape index (κ2) is 6.31. The van der Waals surface area contributed by atoms with Crippen LogP contribution >= 0.6 is 0 Å². The van der Waals surface area contributed by atoms with Crippen molar-refractivity contribution in [2.75, 3.05) is 5.43 Å². The van der Waals surface area contributed by atoms with Crippen LogP contribution in [-0.2, 0) is 10.0 Å². The Balaban J connectivity index is 2.17. The van der Waals surface area contributed by atoms with Crippen LogP contribution in [0.5, 0.6) is 0 Å². The second-order valence-corrected chi connectivity index (χ2v) is 6.49. The molecule has 0 radical (unpaired) electrons. The van der Waals surface area contributed by atoms with E-state index in [1.807, 2.05) is 0 Å². The maximum Gasteiger partial charge on any atom is 0.244 e. The number of nitrogens with two attached hydrogens (primary N) is 1. The minimum absolute atomic E-state index is 0.0123. The number of hydrogen-bond acceptors (Lipinski definition) is 5. The molecule has 1 aliphatic rings. The van der Waals surface area contributed by atoms with E-state index in [0.717, 1.165) is 25.7 Å². The third kappa shape index (κ3) is 3.65. The van der Waals surface area contributed by atoms with Gasteiger partial charge in [0.2, 0.25) is 10.0 Å². The summed E-state index contributed by atoms with van der Waals surface area (Å²) in [6.07, 6.45) is 7.79. The molecule has 2 rings (SSSR count). The normalized spacial score (nSPS) is 17.9. The summed E-state index contributed by atoms with van der Waals surface area (Å²) >= 11 is 0. The zero-order chi connectivity index (χ0) is 13.7. The van der Waals surface area contributed by atoms with Gasteiger partial charge in [0.25, 0.3) is 0 Å². The molecule has 1 fully saturated rings. The van der Waals surface area contributed by atoms with Crippen molar-refractivity contribution in [1.82, 2.24) is 9.71 Å². The first-order chi connectivity index (χ1) is 9.13. The predicted molar refractivity (Wildman–Crippen MR) is 73.9 cm³/mol. The van der Waals surface area contributed by atoms with Gasteiger partial charge in [0, 0.05) is 12.2 Å². The van der Waals surface area contributed by atoms with E-state index >= 15 is 0 Å². The highest BCUT2D eigenvalue weighted by atomic mass is 32.2. The van der Waals surface area contributed by atoms with Gasteiger partial charge in [0.05, 0.1) is 0 Å². The lowest BCUT2D eigenvalue weighted by Crippen LogP contribution is -2.35. The van der Waals surface area contributed by atoms with Crippen molar-refractivity contribution in [3.63, 3.8) is 0 Å². The number of nitrogen functional groups attached to an aromatic ring is 1. The van der Waals surface area contributed by atoms with Crippen LogP contribution in [0, 0.1) is 0 Å². The summed E-state index contributed by atoms with van der Waals surface area (Å²) in [6.45, 7) is 0. The molecule has 1 aromatic heterocycles. The minimum Gasteiger partial charge on any atom is -0.307 e. The van der Waals surface area contributed by atoms with Gasteiger partial charge >= 0.3 is 0 Å². The average Bonchev–Trinajstić information content (AvgIpc) is 2.67. The number of nitrogens with zero attached hydrogens (tertiary/aromatic N) is 1. The summed E-state index contributed by atoms with van der Waals surface area (Å²) in [4.78, 5) is 4.02. The van der Waals surface area contributed by atoms with Crippen molar-refractivity contribution >= 4 is 15.8 Å². The molecule has 0 saturated heterocycles. The quantitative estimate of drug-likeness (QED) is 0.441. The highest BCUT2D eigenvalue weighted by molar-refractivity contribution is 7.89. The molecular formula is C12H20N4O2S. The number of hydrazine groups is 1. The lowest BCUT2D eigenvalue weighted by Gasteiger charge is -2.17. The third-order valence-electron chi connectivity index (χ3n) is 3.37. The fourth-order valence-electron chi connectivity index (χ4n) is 2.40. The van der Waals surface area contributed by atoms with E-state index in [-0.39, 0.29) is 16.8 Å². The van der Waals surface area contributed by atoms with Crippen molar-refractivity contribution in [3.8, 4) is 0 Å². The number of nitrogens with one attached hydrogen (secondary N) is 2. The number of hydrogen-bond donors (Lipinski definition) is 3. The molecule has 19 heavy (non-hydrogen) atoms. The standard InChI is InChI=1S/C12H20N4O2S/c13-15-12-11(8-5-9-14-12)19(17,18)16-10-6-3-1-2-4-7-10/h5,8-10,16H,1-4,6-7,13H2,(H,14,15). The fourth-order valence-corrected chi connectivity index (χ4v) is 3.82. The zero-order valence-corrected chi connectivity index (χ0v) is 11.6. The van der Waals surface area contributed by atoms with E-state index in [0.29, 0.717) is 0 Å². The van der Waals surface area contributed by atoms with Crippen LogP contribution in [0.3, 0.4) is 0 Å². The van der Waals surface area contributed by atoms with Gasteiger partial charge in [-0.1, -0.05) is 25.7 Å². The smallest absolute Gasteiger partial charge is 0.244 e. The van der Waals surface area contributed by atoms with Gasteiger partial charge < -0.3 is 5.43 Å². The molecular weight excluding hydrogens is 264 g/mol. The first-order valence-electron chi connectivity index (χ1n) is 6.57. The molecule has 7 heteroatoms. The summed E-state index contributed by atoms with van der Waals surface area (Å²) in [6, 6.07) is 3.10. The van der Waals surface area contributed by atoms with Crippen LogP contribution in [0.2, 0.25) is 0 Å². The van der Waals surface area contributed by atoms with Gasteiger partial charge in [-0.3, -0.25) is 0 Å². The van der Waals surface area contributed by atoms with Crippen molar-refractivity contribution < 1.29 is 8.42 Å². The van der Waals surface area contributed by atoms with Gasteiger partial charge in [0.1, 0.15) is 4.90 Å². The Hall–Kier alpha value is -1.18. The van der Waals surface area contributed by atoms with E-state index in [4.69, 9.17) is 5.84 Å². The van der Waals surface area contributed by atoms with Crippen molar-refractivity contribution in [1.29, 1.82) is 0 Å². The Kier molecular flexibility index (Phi) is 4.73. The summed E-state index contributed by atoms with van der Waals surface area (Å²) < 4.78 is 27.5. The Labute approximate surface area is 113 Å². The Morgan fingerprint density at radius 2 is 1.89 bits per heavy atom. The molecule has 0 aromatic carbocycles. The Morgan fingerprint density at radius 3 is 2.53 bits per heavy atom. The van der Waals surface area contributed by atoms with Crippen molar-refractivity contribution in [3.05, 3.63) is 18.3 Å². The molecule has 1 aromatic rings. The lowest BCUT2D eigenvalue weighted by atomic mass is 10.1. The molecule has 0 amide bonds. The molecule has 106 valence electrons. The van der Waals surface area contributed by atoms with Crippen LogP contribution in [0.4, 0.5) is 5.82 Å². The van der Waals surface area contributed by atoms with Gasteiger partial charge in [-0.2, -0.15) is 0 Å².